The molecular formula is C29H19ClN2O. The van der Waals surface area contributed by atoms with Crippen molar-refractivity contribution in [1.29, 1.82) is 0 Å². The average molecular weight is 447 g/mol. The summed E-state index contributed by atoms with van der Waals surface area (Å²) in [6, 6.07) is 32.3. The first kappa shape index (κ1) is 19.7. The van der Waals surface area contributed by atoms with Crippen molar-refractivity contribution in [2.45, 2.75) is 6.92 Å². The molecule has 0 unspecified atom stereocenters. The predicted molar refractivity (Wildman–Crippen MR) is 135 cm³/mol. The molecule has 4 aromatic carbocycles. The molecule has 0 N–H and O–H groups in total. The zero-order valence-electron chi connectivity index (χ0n) is 17.9. The summed E-state index contributed by atoms with van der Waals surface area (Å²) in [5.41, 5.74) is 8.37. The van der Waals surface area contributed by atoms with Crippen molar-refractivity contribution in [3.63, 3.8) is 0 Å². The summed E-state index contributed by atoms with van der Waals surface area (Å²) in [6.45, 7) is 2.10. The van der Waals surface area contributed by atoms with Crippen LogP contribution in [0.2, 0.25) is 5.02 Å². The molecule has 158 valence electrons. The quantitative estimate of drug-likeness (QED) is 0.274. The Balaban J connectivity index is 1.64. The lowest BCUT2D eigenvalue weighted by Crippen LogP contribution is -1.94. The van der Waals surface area contributed by atoms with E-state index in [1.165, 1.54) is 5.56 Å². The van der Waals surface area contributed by atoms with Gasteiger partial charge in [-0.1, -0.05) is 78.3 Å². The number of nitrogens with zero attached hydrogens (tertiary/aromatic N) is 2. The first-order valence-electron chi connectivity index (χ1n) is 10.8. The van der Waals surface area contributed by atoms with Gasteiger partial charge in [-0.2, -0.15) is 0 Å². The highest BCUT2D eigenvalue weighted by Gasteiger charge is 2.18. The van der Waals surface area contributed by atoms with Crippen LogP contribution in [0.4, 0.5) is 0 Å². The Morgan fingerprint density at radius 1 is 0.697 bits per heavy atom. The maximum absolute atomic E-state index is 6.28. The maximum atomic E-state index is 6.28. The summed E-state index contributed by atoms with van der Waals surface area (Å²) in [6.07, 6.45) is 0. The molecule has 0 atom stereocenters. The molecule has 0 saturated carbocycles. The summed E-state index contributed by atoms with van der Waals surface area (Å²) in [5.74, 6) is 0.675. The monoisotopic (exact) mass is 446 g/mol. The van der Waals surface area contributed by atoms with E-state index >= 15 is 0 Å². The van der Waals surface area contributed by atoms with Gasteiger partial charge in [0, 0.05) is 21.5 Å². The number of para-hydroxylation sites is 1. The van der Waals surface area contributed by atoms with E-state index in [0.717, 1.165) is 44.4 Å². The number of halogens is 1. The molecule has 3 nitrogen and oxygen atoms in total. The summed E-state index contributed by atoms with van der Waals surface area (Å²) in [5, 5.41) is 1.70. The molecule has 6 rings (SSSR count). The van der Waals surface area contributed by atoms with Gasteiger partial charge in [0.2, 0.25) is 0 Å². The SMILES string of the molecule is Cc1ccc(-c2nc(-c3ccccc3)nc3c2oc2ccccc23)cc1-c1cccc(Cl)c1. The van der Waals surface area contributed by atoms with Gasteiger partial charge in [0.1, 0.15) is 16.8 Å². The maximum Gasteiger partial charge on any atom is 0.180 e. The van der Waals surface area contributed by atoms with Crippen molar-refractivity contribution < 1.29 is 4.42 Å². The molecule has 0 aliphatic carbocycles. The van der Waals surface area contributed by atoms with Crippen LogP contribution < -0.4 is 0 Å². The van der Waals surface area contributed by atoms with E-state index in [0.29, 0.717) is 16.4 Å². The molecular weight excluding hydrogens is 428 g/mol. The van der Waals surface area contributed by atoms with Crippen LogP contribution in [0.1, 0.15) is 5.56 Å². The average Bonchev–Trinajstić information content (AvgIpc) is 3.23. The molecule has 0 fully saturated rings. The van der Waals surface area contributed by atoms with Gasteiger partial charge in [-0.15, -0.1) is 0 Å². The van der Waals surface area contributed by atoms with Gasteiger partial charge < -0.3 is 4.42 Å². The third kappa shape index (κ3) is 3.47. The molecule has 0 bridgehead atoms. The van der Waals surface area contributed by atoms with Crippen LogP contribution in [0.5, 0.6) is 0 Å². The Morgan fingerprint density at radius 3 is 2.33 bits per heavy atom. The predicted octanol–water partition coefficient (Wildman–Crippen LogP) is 8.34. The van der Waals surface area contributed by atoms with Crippen LogP contribution in [0, 0.1) is 6.92 Å². The van der Waals surface area contributed by atoms with E-state index < -0.39 is 0 Å². The summed E-state index contributed by atoms with van der Waals surface area (Å²) in [4.78, 5) is 9.89. The molecule has 2 heterocycles. The normalized spacial score (nSPS) is 11.3. The highest BCUT2D eigenvalue weighted by molar-refractivity contribution is 6.30. The van der Waals surface area contributed by atoms with E-state index in [9.17, 15) is 0 Å². The van der Waals surface area contributed by atoms with Crippen molar-refractivity contribution in [2.75, 3.05) is 0 Å². The smallest absolute Gasteiger partial charge is 0.180 e. The van der Waals surface area contributed by atoms with Crippen LogP contribution in [0.25, 0.3) is 55.8 Å². The third-order valence-corrected chi connectivity index (χ3v) is 6.13. The van der Waals surface area contributed by atoms with Crippen molar-refractivity contribution in [2.24, 2.45) is 0 Å². The van der Waals surface area contributed by atoms with Crippen LogP contribution >= 0.6 is 11.6 Å². The van der Waals surface area contributed by atoms with Gasteiger partial charge in [-0.3, -0.25) is 0 Å². The largest absolute Gasteiger partial charge is 0.452 e. The minimum atomic E-state index is 0.675. The van der Waals surface area contributed by atoms with E-state index in [2.05, 4.69) is 31.2 Å². The first-order chi connectivity index (χ1) is 16.2. The summed E-state index contributed by atoms with van der Waals surface area (Å²) >= 11 is 6.28. The van der Waals surface area contributed by atoms with Gasteiger partial charge in [-0.05, 0) is 53.9 Å². The molecule has 33 heavy (non-hydrogen) atoms. The third-order valence-electron chi connectivity index (χ3n) is 5.90. The van der Waals surface area contributed by atoms with Gasteiger partial charge in [0.25, 0.3) is 0 Å². The second-order valence-electron chi connectivity index (χ2n) is 8.08. The lowest BCUT2D eigenvalue weighted by molar-refractivity contribution is 0.667. The van der Waals surface area contributed by atoms with Crippen molar-refractivity contribution in [1.82, 2.24) is 9.97 Å². The lowest BCUT2D eigenvalue weighted by atomic mass is 9.96. The van der Waals surface area contributed by atoms with Crippen LogP contribution in [-0.4, -0.2) is 9.97 Å². The Kier molecular flexibility index (Phi) is 4.70. The fourth-order valence-corrected chi connectivity index (χ4v) is 4.43. The Hall–Kier alpha value is -3.95. The van der Waals surface area contributed by atoms with Crippen LogP contribution in [-0.2, 0) is 0 Å². The second kappa shape index (κ2) is 7.88. The van der Waals surface area contributed by atoms with Crippen molar-refractivity contribution in [3.8, 4) is 33.8 Å². The van der Waals surface area contributed by atoms with E-state index in [1.54, 1.807) is 0 Å². The number of aryl methyl sites for hydroxylation is 1. The Bertz CT molecular complexity index is 1640. The highest BCUT2D eigenvalue weighted by atomic mass is 35.5. The van der Waals surface area contributed by atoms with Crippen molar-refractivity contribution in [3.05, 3.63) is 108 Å². The summed E-state index contributed by atoms with van der Waals surface area (Å²) in [7, 11) is 0. The molecule has 0 amide bonds. The summed E-state index contributed by atoms with van der Waals surface area (Å²) < 4.78 is 6.28. The zero-order chi connectivity index (χ0) is 22.4. The number of fused-ring (bicyclic) bond motifs is 3. The molecule has 4 heteroatoms. The van der Waals surface area contributed by atoms with E-state index in [-0.39, 0.29) is 0 Å². The topological polar surface area (TPSA) is 38.9 Å². The van der Waals surface area contributed by atoms with Crippen molar-refractivity contribution >= 4 is 33.7 Å². The molecule has 0 spiro atoms. The van der Waals surface area contributed by atoms with Crippen LogP contribution in [0.15, 0.2) is 101 Å². The zero-order valence-corrected chi connectivity index (χ0v) is 18.7. The second-order valence-corrected chi connectivity index (χ2v) is 8.51. The number of aromatic nitrogens is 2. The van der Waals surface area contributed by atoms with E-state index in [4.69, 9.17) is 26.0 Å². The molecule has 0 saturated heterocycles. The first-order valence-corrected chi connectivity index (χ1v) is 11.2. The fraction of sp³-hybridized carbons (Fsp3) is 0.0345. The van der Waals surface area contributed by atoms with Gasteiger partial charge in [0.05, 0.1) is 0 Å². The van der Waals surface area contributed by atoms with Gasteiger partial charge in [-0.25, -0.2) is 9.97 Å². The standard InChI is InChI=1S/C29H19ClN2O/c1-18-14-15-21(17-24(18)20-10-7-11-22(30)16-20)26-28-27(23-12-5-6-13-25(23)33-28)32-29(31-26)19-8-3-2-4-9-19/h2-17H,1H3. The van der Waals surface area contributed by atoms with Crippen LogP contribution in [0.3, 0.4) is 0 Å². The molecule has 0 aliphatic rings. The highest BCUT2D eigenvalue weighted by Crippen LogP contribution is 2.37. The number of furan rings is 1. The lowest BCUT2D eigenvalue weighted by Gasteiger charge is -2.11. The minimum Gasteiger partial charge on any atom is -0.452 e. The number of benzene rings is 4. The number of hydrogen-bond acceptors (Lipinski definition) is 3. The molecule has 6 aromatic rings. The minimum absolute atomic E-state index is 0.675. The Labute approximate surface area is 196 Å². The number of rotatable bonds is 3. The number of hydrogen-bond donors (Lipinski definition) is 0. The Morgan fingerprint density at radius 2 is 1.48 bits per heavy atom. The van der Waals surface area contributed by atoms with E-state index in [1.807, 2.05) is 72.8 Å². The molecule has 2 aromatic heterocycles. The fourth-order valence-electron chi connectivity index (χ4n) is 4.24. The van der Waals surface area contributed by atoms with Gasteiger partial charge >= 0.3 is 0 Å². The molecule has 0 radical (unpaired) electrons. The van der Waals surface area contributed by atoms with Gasteiger partial charge in [0.15, 0.2) is 11.4 Å². The molecule has 0 aliphatic heterocycles.